The molecule has 1 N–H and O–H groups in total. The van der Waals surface area contributed by atoms with E-state index in [0.29, 0.717) is 42.8 Å². The summed E-state index contributed by atoms with van der Waals surface area (Å²) < 4.78 is 7.21. The van der Waals surface area contributed by atoms with Gasteiger partial charge in [-0.2, -0.15) is 5.26 Å². The van der Waals surface area contributed by atoms with Crippen LogP contribution in [-0.2, 0) is 4.74 Å². The Morgan fingerprint density at radius 1 is 1.03 bits per heavy atom. The van der Waals surface area contributed by atoms with Gasteiger partial charge in [0.25, 0.3) is 0 Å². The number of nitriles is 1. The smallest absolute Gasteiger partial charge is 0.232 e. The molecule has 0 bridgehead atoms. The Kier molecular flexibility index (Phi) is 5.47. The predicted molar refractivity (Wildman–Crippen MR) is 111 cm³/mol. The molecule has 0 saturated carbocycles. The fourth-order valence-electron chi connectivity index (χ4n) is 3.22. The van der Waals surface area contributed by atoms with E-state index in [1.807, 2.05) is 30.3 Å². The minimum absolute atomic E-state index is 0.00559. The van der Waals surface area contributed by atoms with E-state index in [1.165, 1.54) is 0 Å². The molecule has 8 heteroatoms. The zero-order chi connectivity index (χ0) is 20.2. The third-order valence-corrected chi connectivity index (χ3v) is 4.99. The highest BCUT2D eigenvalue weighted by Crippen LogP contribution is 2.31. The average molecular weight is 408 g/mol. The minimum atomic E-state index is -0.240. The summed E-state index contributed by atoms with van der Waals surface area (Å²) in [4.78, 5) is 2.05. The van der Waals surface area contributed by atoms with Gasteiger partial charge in [-0.25, -0.2) is 0 Å². The fraction of sp³-hybridized carbons (Fsp3) is 0.190. The van der Waals surface area contributed by atoms with Crippen molar-refractivity contribution in [2.45, 2.75) is 0 Å². The fourth-order valence-corrected chi connectivity index (χ4v) is 3.44. The number of aliphatic hydroxyl groups excluding tert-OH is 1. The number of nitrogens with zero attached hydrogens (tertiary/aromatic N) is 5. The van der Waals surface area contributed by atoms with Gasteiger partial charge in [0.15, 0.2) is 5.82 Å². The minimum Gasteiger partial charge on any atom is -0.506 e. The molecule has 1 fully saturated rings. The van der Waals surface area contributed by atoms with Gasteiger partial charge in [-0.15, -0.1) is 10.2 Å². The maximum atomic E-state index is 10.9. The van der Waals surface area contributed by atoms with Gasteiger partial charge >= 0.3 is 0 Å². The van der Waals surface area contributed by atoms with Crippen molar-refractivity contribution in [2.24, 2.45) is 0 Å². The Morgan fingerprint density at radius 2 is 1.72 bits per heavy atom. The summed E-state index contributed by atoms with van der Waals surface area (Å²) in [5.41, 5.74) is 1.14. The number of anilines is 1. The first-order valence-corrected chi connectivity index (χ1v) is 9.50. The number of para-hydroxylation sites is 1. The third kappa shape index (κ3) is 3.68. The highest BCUT2D eigenvalue weighted by Gasteiger charge is 2.25. The molecule has 29 heavy (non-hydrogen) atoms. The number of rotatable bonds is 4. The summed E-state index contributed by atoms with van der Waals surface area (Å²) in [6.45, 7) is 2.49. The predicted octanol–water partition coefficient (Wildman–Crippen LogP) is 3.71. The summed E-state index contributed by atoms with van der Waals surface area (Å²) in [7, 11) is 0. The largest absolute Gasteiger partial charge is 0.506 e. The molecule has 0 radical (unpaired) electrons. The van der Waals surface area contributed by atoms with E-state index in [9.17, 15) is 10.4 Å². The number of benzene rings is 2. The highest BCUT2D eigenvalue weighted by atomic mass is 35.5. The Morgan fingerprint density at radius 3 is 2.41 bits per heavy atom. The maximum Gasteiger partial charge on any atom is 0.232 e. The molecule has 2 heterocycles. The summed E-state index contributed by atoms with van der Waals surface area (Å²) in [6, 6.07) is 18.4. The summed E-state index contributed by atoms with van der Waals surface area (Å²) in [6.07, 6.45) is 0. The molecular weight excluding hydrogens is 390 g/mol. The molecule has 0 unspecified atom stereocenters. The van der Waals surface area contributed by atoms with Crippen LogP contribution in [0.25, 0.3) is 17.0 Å². The van der Waals surface area contributed by atoms with E-state index in [2.05, 4.69) is 21.2 Å². The number of aliphatic hydroxyl groups is 1. The Hall–Kier alpha value is -3.34. The molecule has 1 saturated heterocycles. The molecule has 2 aromatic carbocycles. The number of morpholine rings is 1. The van der Waals surface area contributed by atoms with Gasteiger partial charge < -0.3 is 14.7 Å². The normalized spacial score (nSPS) is 15.0. The number of hydrogen-bond donors (Lipinski definition) is 1. The van der Waals surface area contributed by atoms with E-state index in [1.54, 1.807) is 28.8 Å². The van der Waals surface area contributed by atoms with Crippen LogP contribution in [0.4, 0.5) is 5.95 Å². The third-order valence-electron chi connectivity index (χ3n) is 4.66. The van der Waals surface area contributed by atoms with Gasteiger partial charge in [-0.3, -0.25) is 4.57 Å². The molecule has 0 aliphatic carbocycles. The highest BCUT2D eigenvalue weighted by molar-refractivity contribution is 6.32. The lowest BCUT2D eigenvalue weighted by Crippen LogP contribution is -2.38. The molecule has 0 spiro atoms. The van der Waals surface area contributed by atoms with Gasteiger partial charge in [0.05, 0.1) is 23.9 Å². The number of hydrogen-bond acceptors (Lipinski definition) is 6. The topological polar surface area (TPSA) is 87.2 Å². The van der Waals surface area contributed by atoms with E-state index < -0.39 is 0 Å². The van der Waals surface area contributed by atoms with Crippen LogP contribution in [0, 0.1) is 11.3 Å². The number of aromatic nitrogens is 3. The first kappa shape index (κ1) is 19.0. The van der Waals surface area contributed by atoms with Crippen LogP contribution in [-0.4, -0.2) is 46.2 Å². The van der Waals surface area contributed by atoms with Gasteiger partial charge in [0.2, 0.25) is 5.95 Å². The van der Waals surface area contributed by atoms with Crippen LogP contribution in [0.2, 0.25) is 5.02 Å². The standard InChI is InChI=1S/C21H18ClN5O2/c22-18-9-5-4-8-16(18)19(28)17(14-23)20-24-25-21(26-10-12-29-13-11-26)27(20)15-6-2-1-3-7-15/h1-9,28H,10-13H2. The van der Waals surface area contributed by atoms with Crippen molar-refractivity contribution in [3.05, 3.63) is 71.0 Å². The van der Waals surface area contributed by atoms with Crippen LogP contribution in [0.3, 0.4) is 0 Å². The first-order chi connectivity index (χ1) is 14.2. The molecule has 146 valence electrons. The SMILES string of the molecule is N#CC(=C(O)c1ccccc1Cl)c1nnc(N2CCOCC2)n1-c1ccccc1. The zero-order valence-electron chi connectivity index (χ0n) is 15.5. The number of ether oxygens (including phenoxy) is 1. The molecule has 1 aliphatic heterocycles. The zero-order valence-corrected chi connectivity index (χ0v) is 16.3. The van der Waals surface area contributed by atoms with Gasteiger partial charge in [0.1, 0.15) is 17.4 Å². The summed E-state index contributed by atoms with van der Waals surface area (Å²) in [5.74, 6) is 0.600. The van der Waals surface area contributed by atoms with Crippen LogP contribution in [0.5, 0.6) is 0 Å². The maximum absolute atomic E-state index is 10.9. The van der Waals surface area contributed by atoms with Crippen molar-refractivity contribution in [3.63, 3.8) is 0 Å². The molecule has 7 nitrogen and oxygen atoms in total. The van der Waals surface area contributed by atoms with E-state index in [-0.39, 0.29) is 17.2 Å². The lowest BCUT2D eigenvalue weighted by molar-refractivity contribution is 0.122. The van der Waals surface area contributed by atoms with Crippen molar-refractivity contribution < 1.29 is 9.84 Å². The van der Waals surface area contributed by atoms with Gasteiger partial charge in [-0.05, 0) is 24.3 Å². The molecule has 1 aliphatic rings. The Balaban J connectivity index is 1.91. The van der Waals surface area contributed by atoms with Crippen molar-refractivity contribution >= 4 is 28.9 Å². The lowest BCUT2D eigenvalue weighted by atomic mass is 10.1. The number of halogens is 1. The lowest BCUT2D eigenvalue weighted by Gasteiger charge is -2.28. The second-order valence-electron chi connectivity index (χ2n) is 6.41. The van der Waals surface area contributed by atoms with Crippen molar-refractivity contribution in [3.8, 4) is 11.8 Å². The first-order valence-electron chi connectivity index (χ1n) is 9.13. The number of allylic oxidation sites excluding steroid dienone is 1. The van der Waals surface area contributed by atoms with Crippen LogP contribution >= 0.6 is 11.6 Å². The molecule has 1 aromatic heterocycles. The Bertz CT molecular complexity index is 1080. The van der Waals surface area contributed by atoms with Crippen molar-refractivity contribution in [2.75, 3.05) is 31.2 Å². The van der Waals surface area contributed by atoms with Gasteiger partial charge in [0, 0.05) is 18.7 Å². The summed E-state index contributed by atoms with van der Waals surface area (Å²) >= 11 is 6.22. The average Bonchev–Trinajstić information content (AvgIpc) is 3.20. The van der Waals surface area contributed by atoms with Crippen LogP contribution in [0.1, 0.15) is 11.4 Å². The van der Waals surface area contributed by atoms with Crippen molar-refractivity contribution in [1.82, 2.24) is 14.8 Å². The van der Waals surface area contributed by atoms with E-state index >= 15 is 0 Å². The Labute approximate surface area is 173 Å². The molecular formula is C21H18ClN5O2. The summed E-state index contributed by atoms with van der Waals surface area (Å²) in [5, 5.41) is 29.7. The van der Waals surface area contributed by atoms with Gasteiger partial charge in [-0.1, -0.05) is 41.9 Å². The quantitative estimate of drug-likeness (QED) is 0.524. The molecule has 3 aromatic rings. The van der Waals surface area contributed by atoms with Crippen LogP contribution in [0.15, 0.2) is 54.6 Å². The molecule has 4 rings (SSSR count). The van der Waals surface area contributed by atoms with E-state index in [0.717, 1.165) is 5.69 Å². The molecule has 0 atom stereocenters. The second-order valence-corrected chi connectivity index (χ2v) is 6.82. The van der Waals surface area contributed by atoms with E-state index in [4.69, 9.17) is 16.3 Å². The monoisotopic (exact) mass is 407 g/mol. The van der Waals surface area contributed by atoms with Crippen LogP contribution < -0.4 is 4.90 Å². The second kappa shape index (κ2) is 8.35. The molecule has 0 amide bonds. The van der Waals surface area contributed by atoms with Crippen molar-refractivity contribution in [1.29, 1.82) is 5.26 Å².